The summed E-state index contributed by atoms with van der Waals surface area (Å²) in [6, 6.07) is 11.7. The number of pyridine rings is 1. The van der Waals surface area contributed by atoms with E-state index >= 15 is 0 Å². The number of nitrogens with zero attached hydrogens (tertiary/aromatic N) is 2. The summed E-state index contributed by atoms with van der Waals surface area (Å²) in [7, 11) is 0. The van der Waals surface area contributed by atoms with Crippen LogP contribution in [0.5, 0.6) is 0 Å². The third-order valence-electron chi connectivity index (χ3n) is 5.49. The molecule has 1 saturated carbocycles. The van der Waals surface area contributed by atoms with Gasteiger partial charge in [-0.15, -0.1) is 0 Å². The second-order valence-electron chi connectivity index (χ2n) is 7.29. The van der Waals surface area contributed by atoms with Gasteiger partial charge in [0.15, 0.2) is 0 Å². The molecule has 1 amide bonds. The molecule has 0 spiro atoms. The molecular formula is C21H22FN3O2. The Morgan fingerprint density at radius 1 is 1.19 bits per heavy atom. The lowest BCUT2D eigenvalue weighted by molar-refractivity contribution is 0.0870. The molecular weight excluding hydrogens is 345 g/mol. The summed E-state index contributed by atoms with van der Waals surface area (Å²) in [5, 5.41) is 12.7. The summed E-state index contributed by atoms with van der Waals surface area (Å²) >= 11 is 0. The van der Waals surface area contributed by atoms with Gasteiger partial charge in [0.2, 0.25) is 5.82 Å². The second kappa shape index (κ2) is 7.12. The zero-order valence-corrected chi connectivity index (χ0v) is 15.0. The Bertz CT molecular complexity index is 959. The highest BCUT2D eigenvalue weighted by molar-refractivity contribution is 5.94. The van der Waals surface area contributed by atoms with Gasteiger partial charge in [-0.1, -0.05) is 18.9 Å². The van der Waals surface area contributed by atoms with Crippen LogP contribution in [0.2, 0.25) is 0 Å². The van der Waals surface area contributed by atoms with Crippen LogP contribution in [0, 0.1) is 11.2 Å². The number of aromatic nitrogens is 2. The van der Waals surface area contributed by atoms with Crippen LogP contribution in [0.15, 0.2) is 48.7 Å². The molecule has 4 rings (SSSR count). The molecule has 5 nitrogen and oxygen atoms in total. The molecule has 0 unspecified atom stereocenters. The number of carbonyl (C=O) groups is 1. The molecule has 0 bridgehead atoms. The first kappa shape index (κ1) is 17.7. The van der Waals surface area contributed by atoms with Crippen LogP contribution in [-0.4, -0.2) is 33.6 Å². The zero-order chi connectivity index (χ0) is 18.9. The molecule has 1 aliphatic carbocycles. The molecule has 2 aromatic heterocycles. The lowest BCUT2D eigenvalue weighted by Gasteiger charge is -2.26. The molecule has 0 saturated heterocycles. The van der Waals surface area contributed by atoms with Crippen molar-refractivity contribution in [1.29, 1.82) is 0 Å². The Morgan fingerprint density at radius 2 is 1.93 bits per heavy atom. The average Bonchev–Trinajstić information content (AvgIpc) is 3.32. The number of fused-ring (bicyclic) bond motifs is 1. The normalized spacial score (nSPS) is 15.9. The summed E-state index contributed by atoms with van der Waals surface area (Å²) < 4.78 is 15.0. The molecule has 2 heterocycles. The molecule has 1 fully saturated rings. The van der Waals surface area contributed by atoms with Crippen LogP contribution in [0.1, 0.15) is 36.3 Å². The number of carbonyl (C=O) groups excluding carboxylic acids is 1. The van der Waals surface area contributed by atoms with E-state index in [1.807, 2.05) is 18.2 Å². The fourth-order valence-corrected chi connectivity index (χ4v) is 3.88. The van der Waals surface area contributed by atoms with Crippen molar-refractivity contribution in [2.45, 2.75) is 25.7 Å². The Hall–Kier alpha value is -2.73. The molecule has 6 heteroatoms. The molecule has 0 radical (unpaired) electrons. The van der Waals surface area contributed by atoms with Gasteiger partial charge >= 0.3 is 0 Å². The summed E-state index contributed by atoms with van der Waals surface area (Å²) in [5.41, 5.74) is 1.95. The number of aliphatic hydroxyl groups excluding tert-OH is 1. The summed E-state index contributed by atoms with van der Waals surface area (Å²) in [4.78, 5) is 17.4. The summed E-state index contributed by atoms with van der Waals surface area (Å²) in [6.07, 6.45) is 5.80. The van der Waals surface area contributed by atoms with Crippen molar-refractivity contribution >= 4 is 11.4 Å². The van der Waals surface area contributed by atoms with E-state index in [0.717, 1.165) is 36.8 Å². The number of nitrogens with one attached hydrogen (secondary N) is 1. The van der Waals surface area contributed by atoms with Gasteiger partial charge in [-0.05, 0) is 49.2 Å². The predicted octanol–water partition coefficient (Wildman–Crippen LogP) is 3.42. The van der Waals surface area contributed by atoms with E-state index in [0.29, 0.717) is 12.2 Å². The largest absolute Gasteiger partial charge is 0.396 e. The minimum absolute atomic E-state index is 0.0798. The lowest BCUT2D eigenvalue weighted by Crippen LogP contribution is -2.38. The van der Waals surface area contributed by atoms with Crippen molar-refractivity contribution in [3.63, 3.8) is 0 Å². The van der Waals surface area contributed by atoms with Crippen LogP contribution in [-0.2, 0) is 0 Å². The molecule has 0 atom stereocenters. The Morgan fingerprint density at radius 3 is 2.63 bits per heavy atom. The van der Waals surface area contributed by atoms with Gasteiger partial charge in [-0.3, -0.25) is 9.20 Å². The van der Waals surface area contributed by atoms with E-state index in [4.69, 9.17) is 0 Å². The van der Waals surface area contributed by atoms with Gasteiger partial charge in [0, 0.05) is 23.7 Å². The first-order valence-electron chi connectivity index (χ1n) is 9.24. The van der Waals surface area contributed by atoms with Crippen LogP contribution in [0.25, 0.3) is 16.8 Å². The Kier molecular flexibility index (Phi) is 4.66. The average molecular weight is 367 g/mol. The smallest absolute Gasteiger partial charge is 0.287 e. The maximum atomic E-state index is 13.3. The van der Waals surface area contributed by atoms with Gasteiger partial charge in [-0.2, -0.15) is 0 Å². The highest BCUT2D eigenvalue weighted by atomic mass is 19.1. The van der Waals surface area contributed by atoms with Gasteiger partial charge in [0.25, 0.3) is 5.91 Å². The van der Waals surface area contributed by atoms with Crippen LogP contribution >= 0.6 is 0 Å². The van der Waals surface area contributed by atoms with E-state index in [9.17, 15) is 14.3 Å². The van der Waals surface area contributed by atoms with E-state index < -0.39 is 0 Å². The van der Waals surface area contributed by atoms with Gasteiger partial charge in [0.05, 0.1) is 17.8 Å². The fraction of sp³-hybridized carbons (Fsp3) is 0.333. The topological polar surface area (TPSA) is 66.6 Å². The predicted molar refractivity (Wildman–Crippen MR) is 101 cm³/mol. The van der Waals surface area contributed by atoms with E-state index in [1.165, 1.54) is 12.1 Å². The van der Waals surface area contributed by atoms with E-state index in [-0.39, 0.29) is 29.6 Å². The number of amides is 1. The van der Waals surface area contributed by atoms with Crippen molar-refractivity contribution in [2.24, 2.45) is 5.41 Å². The van der Waals surface area contributed by atoms with E-state index in [1.54, 1.807) is 22.7 Å². The van der Waals surface area contributed by atoms with Gasteiger partial charge < -0.3 is 10.4 Å². The molecule has 0 aliphatic heterocycles. The maximum Gasteiger partial charge on any atom is 0.287 e. The fourth-order valence-electron chi connectivity index (χ4n) is 3.88. The van der Waals surface area contributed by atoms with E-state index in [2.05, 4.69) is 10.3 Å². The quantitative estimate of drug-likeness (QED) is 0.726. The molecule has 1 aromatic carbocycles. The number of imidazole rings is 1. The van der Waals surface area contributed by atoms with Gasteiger partial charge in [-0.25, -0.2) is 9.37 Å². The van der Waals surface area contributed by atoms with Crippen molar-refractivity contribution < 1.29 is 14.3 Å². The molecule has 140 valence electrons. The number of hydrogen-bond acceptors (Lipinski definition) is 3. The third kappa shape index (κ3) is 3.32. The van der Waals surface area contributed by atoms with Gasteiger partial charge in [0.1, 0.15) is 5.82 Å². The highest BCUT2D eigenvalue weighted by Gasteiger charge is 2.34. The Balaban J connectivity index is 1.65. The summed E-state index contributed by atoms with van der Waals surface area (Å²) in [6.45, 7) is 0.520. The second-order valence-corrected chi connectivity index (χ2v) is 7.29. The molecule has 2 N–H and O–H groups in total. The monoisotopic (exact) mass is 367 g/mol. The number of benzene rings is 1. The molecule has 27 heavy (non-hydrogen) atoms. The minimum Gasteiger partial charge on any atom is -0.396 e. The first-order valence-corrected chi connectivity index (χ1v) is 9.24. The van der Waals surface area contributed by atoms with Crippen molar-refractivity contribution in [1.82, 2.24) is 14.7 Å². The first-order chi connectivity index (χ1) is 13.1. The zero-order valence-electron chi connectivity index (χ0n) is 15.0. The highest BCUT2D eigenvalue weighted by Crippen LogP contribution is 2.37. The third-order valence-corrected chi connectivity index (χ3v) is 5.49. The summed E-state index contributed by atoms with van der Waals surface area (Å²) in [5.74, 6) is -0.300. The molecule has 3 aromatic rings. The standard InChI is InChI=1S/C21H22FN3O2/c22-16-8-6-15(7-9-16)18-17-5-1-4-12-25(17)19(24-18)20(27)23-13-21(14-26)10-2-3-11-21/h1,4-9,12,26H,2-3,10-11,13-14H2,(H,23,27). The number of hydrogen-bond donors (Lipinski definition) is 2. The van der Waals surface area contributed by atoms with Crippen LogP contribution in [0.3, 0.4) is 0 Å². The number of rotatable bonds is 5. The van der Waals surface area contributed by atoms with Crippen LogP contribution in [0.4, 0.5) is 4.39 Å². The van der Waals surface area contributed by atoms with Crippen molar-refractivity contribution in [3.05, 3.63) is 60.3 Å². The molecule has 1 aliphatic rings. The van der Waals surface area contributed by atoms with Crippen molar-refractivity contribution in [2.75, 3.05) is 13.2 Å². The maximum absolute atomic E-state index is 13.3. The number of halogens is 1. The van der Waals surface area contributed by atoms with Crippen LogP contribution < -0.4 is 5.32 Å². The minimum atomic E-state index is -0.314. The lowest BCUT2D eigenvalue weighted by atomic mass is 9.87. The van der Waals surface area contributed by atoms with Crippen molar-refractivity contribution in [3.8, 4) is 11.3 Å². The Labute approximate surface area is 156 Å². The number of aliphatic hydroxyl groups is 1. The SMILES string of the molecule is O=C(NCC1(CO)CCCC1)c1nc(-c2ccc(F)cc2)c2ccccn12.